The van der Waals surface area contributed by atoms with Gasteiger partial charge in [-0.1, -0.05) is 19.1 Å². The van der Waals surface area contributed by atoms with Gasteiger partial charge >= 0.3 is 0 Å². The van der Waals surface area contributed by atoms with E-state index in [-0.39, 0.29) is 5.91 Å². The summed E-state index contributed by atoms with van der Waals surface area (Å²) in [6, 6.07) is 0.920. The molecule has 0 bridgehead atoms. The number of nitrogens with one attached hydrogen (secondary N) is 2. The van der Waals surface area contributed by atoms with Crippen LogP contribution in [-0.2, 0) is 4.79 Å². The molecular formula is C14H24N2O. The molecule has 0 aliphatic heterocycles. The number of carbonyl (C=O) groups is 1. The smallest absolute Gasteiger partial charge is 0.221 e. The van der Waals surface area contributed by atoms with E-state index in [1.54, 1.807) is 0 Å². The predicted molar refractivity (Wildman–Crippen MR) is 69.7 cm³/mol. The summed E-state index contributed by atoms with van der Waals surface area (Å²) in [4.78, 5) is 11.6. The Morgan fingerprint density at radius 1 is 1.53 bits per heavy atom. The van der Waals surface area contributed by atoms with Crippen LogP contribution in [0.25, 0.3) is 0 Å². The number of rotatable bonds is 6. The Morgan fingerprint density at radius 2 is 2.35 bits per heavy atom. The largest absolute Gasteiger partial charge is 0.354 e. The summed E-state index contributed by atoms with van der Waals surface area (Å²) in [5.74, 6) is 1.80. The summed E-state index contributed by atoms with van der Waals surface area (Å²) in [6.07, 6.45) is 8.78. The van der Waals surface area contributed by atoms with Gasteiger partial charge in [0.25, 0.3) is 0 Å². The SMILES string of the molecule is CCC(C)NC(=O)CCNC1CC2CC=CC21. The van der Waals surface area contributed by atoms with Gasteiger partial charge in [-0.05, 0) is 38.0 Å². The average Bonchev–Trinajstić information content (AvgIpc) is 2.66. The van der Waals surface area contributed by atoms with Gasteiger partial charge in [0.15, 0.2) is 0 Å². The first-order valence-corrected chi connectivity index (χ1v) is 6.90. The molecule has 4 unspecified atom stereocenters. The molecular weight excluding hydrogens is 212 g/mol. The lowest BCUT2D eigenvalue weighted by molar-refractivity contribution is -0.121. The maximum atomic E-state index is 11.6. The molecule has 2 aliphatic rings. The highest BCUT2D eigenvalue weighted by Crippen LogP contribution is 2.42. The molecule has 17 heavy (non-hydrogen) atoms. The molecule has 0 aromatic rings. The van der Waals surface area contributed by atoms with Gasteiger partial charge in [-0.25, -0.2) is 0 Å². The lowest BCUT2D eigenvalue weighted by Crippen LogP contribution is -2.49. The Bertz CT molecular complexity index is 301. The zero-order valence-electron chi connectivity index (χ0n) is 10.9. The second-order valence-electron chi connectivity index (χ2n) is 5.42. The van der Waals surface area contributed by atoms with Crippen molar-refractivity contribution in [1.29, 1.82) is 0 Å². The minimum absolute atomic E-state index is 0.171. The molecule has 0 saturated heterocycles. The molecule has 3 heteroatoms. The van der Waals surface area contributed by atoms with Gasteiger partial charge in [-0.15, -0.1) is 0 Å². The highest BCUT2D eigenvalue weighted by molar-refractivity contribution is 5.76. The second-order valence-corrected chi connectivity index (χ2v) is 5.42. The number of amides is 1. The van der Waals surface area contributed by atoms with Crippen LogP contribution < -0.4 is 10.6 Å². The molecule has 1 saturated carbocycles. The van der Waals surface area contributed by atoms with Crippen LogP contribution in [0, 0.1) is 11.8 Å². The first kappa shape index (κ1) is 12.6. The summed E-state index contributed by atoms with van der Waals surface area (Å²) >= 11 is 0. The molecule has 4 atom stereocenters. The number of carbonyl (C=O) groups excluding carboxylic acids is 1. The molecule has 96 valence electrons. The fraction of sp³-hybridized carbons (Fsp3) is 0.786. The van der Waals surface area contributed by atoms with Gasteiger partial charge in [0.05, 0.1) is 0 Å². The molecule has 0 spiro atoms. The maximum absolute atomic E-state index is 11.6. The topological polar surface area (TPSA) is 41.1 Å². The third kappa shape index (κ3) is 3.09. The van der Waals surface area contributed by atoms with E-state index in [0.29, 0.717) is 18.5 Å². The zero-order chi connectivity index (χ0) is 12.3. The summed E-state index contributed by atoms with van der Waals surface area (Å²) in [5, 5.41) is 6.49. The average molecular weight is 236 g/mol. The molecule has 1 fully saturated rings. The molecule has 0 radical (unpaired) electrons. The van der Waals surface area contributed by atoms with Gasteiger partial charge in [0.2, 0.25) is 5.91 Å². The van der Waals surface area contributed by atoms with Crippen molar-refractivity contribution in [3.05, 3.63) is 12.2 Å². The molecule has 0 aromatic heterocycles. The van der Waals surface area contributed by atoms with E-state index < -0.39 is 0 Å². The van der Waals surface area contributed by atoms with Crippen LogP contribution in [0.3, 0.4) is 0 Å². The number of fused-ring (bicyclic) bond motifs is 1. The van der Waals surface area contributed by atoms with Gasteiger partial charge in [0, 0.05) is 25.0 Å². The predicted octanol–water partition coefficient (Wildman–Crippen LogP) is 1.85. The quantitative estimate of drug-likeness (QED) is 0.691. The fourth-order valence-corrected chi connectivity index (χ4v) is 2.77. The van der Waals surface area contributed by atoms with Crippen molar-refractivity contribution in [2.24, 2.45) is 11.8 Å². The van der Waals surface area contributed by atoms with E-state index in [2.05, 4.69) is 29.7 Å². The molecule has 0 heterocycles. The first-order valence-electron chi connectivity index (χ1n) is 6.90. The molecule has 1 amide bonds. The Labute approximate surface area is 104 Å². The van der Waals surface area contributed by atoms with E-state index in [0.717, 1.165) is 24.8 Å². The lowest BCUT2D eigenvalue weighted by Gasteiger charge is -2.40. The summed E-state index contributed by atoms with van der Waals surface area (Å²) in [6.45, 7) is 4.94. The lowest BCUT2D eigenvalue weighted by atomic mass is 9.71. The monoisotopic (exact) mass is 236 g/mol. The van der Waals surface area contributed by atoms with Crippen LogP contribution in [-0.4, -0.2) is 24.5 Å². The van der Waals surface area contributed by atoms with Gasteiger partial charge in [-0.2, -0.15) is 0 Å². The normalized spacial score (nSPS) is 31.8. The highest BCUT2D eigenvalue weighted by Gasteiger charge is 2.40. The Hall–Kier alpha value is -0.830. The molecule has 2 aliphatic carbocycles. The second kappa shape index (κ2) is 5.67. The third-order valence-corrected chi connectivity index (χ3v) is 4.14. The van der Waals surface area contributed by atoms with E-state index in [4.69, 9.17) is 0 Å². The molecule has 2 rings (SSSR count). The summed E-state index contributed by atoms with van der Waals surface area (Å²) in [7, 11) is 0. The zero-order valence-corrected chi connectivity index (χ0v) is 10.9. The fourth-order valence-electron chi connectivity index (χ4n) is 2.77. The van der Waals surface area contributed by atoms with Crippen molar-refractivity contribution < 1.29 is 4.79 Å². The van der Waals surface area contributed by atoms with Gasteiger partial charge in [0.1, 0.15) is 0 Å². The van der Waals surface area contributed by atoms with Crippen LogP contribution in [0.5, 0.6) is 0 Å². The molecule has 0 aromatic carbocycles. The minimum Gasteiger partial charge on any atom is -0.354 e. The summed E-state index contributed by atoms with van der Waals surface area (Å²) < 4.78 is 0. The van der Waals surface area contributed by atoms with E-state index >= 15 is 0 Å². The van der Waals surface area contributed by atoms with Crippen LogP contribution in [0.4, 0.5) is 0 Å². The Morgan fingerprint density at radius 3 is 3.06 bits per heavy atom. The molecule has 2 N–H and O–H groups in total. The van der Waals surface area contributed by atoms with Crippen molar-refractivity contribution in [1.82, 2.24) is 10.6 Å². The van der Waals surface area contributed by atoms with Crippen LogP contribution >= 0.6 is 0 Å². The van der Waals surface area contributed by atoms with Crippen LogP contribution in [0.1, 0.15) is 39.5 Å². The van der Waals surface area contributed by atoms with Gasteiger partial charge < -0.3 is 10.6 Å². The van der Waals surface area contributed by atoms with Crippen molar-refractivity contribution in [2.45, 2.75) is 51.6 Å². The first-order chi connectivity index (χ1) is 8.20. The maximum Gasteiger partial charge on any atom is 0.221 e. The minimum atomic E-state index is 0.171. The number of hydrogen-bond acceptors (Lipinski definition) is 2. The van der Waals surface area contributed by atoms with Crippen molar-refractivity contribution in [3.63, 3.8) is 0 Å². The Balaban J connectivity index is 1.57. The van der Waals surface area contributed by atoms with E-state index in [9.17, 15) is 4.79 Å². The van der Waals surface area contributed by atoms with Gasteiger partial charge in [-0.3, -0.25) is 4.79 Å². The van der Waals surface area contributed by atoms with Crippen LogP contribution in [0.2, 0.25) is 0 Å². The summed E-state index contributed by atoms with van der Waals surface area (Å²) in [5.41, 5.74) is 0. The Kier molecular flexibility index (Phi) is 4.21. The standard InChI is InChI=1S/C14H24N2O/c1-3-10(2)16-14(17)7-8-15-13-9-11-5-4-6-12(11)13/h4,6,10-13,15H,3,5,7-9H2,1-2H3,(H,16,17). The highest BCUT2D eigenvalue weighted by atomic mass is 16.1. The van der Waals surface area contributed by atoms with E-state index in [1.807, 2.05) is 6.92 Å². The third-order valence-electron chi connectivity index (χ3n) is 4.14. The van der Waals surface area contributed by atoms with Crippen molar-refractivity contribution in [2.75, 3.05) is 6.54 Å². The van der Waals surface area contributed by atoms with Crippen molar-refractivity contribution >= 4 is 5.91 Å². The number of hydrogen-bond donors (Lipinski definition) is 2. The van der Waals surface area contributed by atoms with Crippen LogP contribution in [0.15, 0.2) is 12.2 Å². The van der Waals surface area contributed by atoms with E-state index in [1.165, 1.54) is 12.8 Å². The number of allylic oxidation sites excluding steroid dienone is 1. The van der Waals surface area contributed by atoms with Crippen molar-refractivity contribution in [3.8, 4) is 0 Å². The molecule has 3 nitrogen and oxygen atoms in total.